The van der Waals surface area contributed by atoms with Crippen molar-refractivity contribution >= 4 is 34.2 Å². The molecule has 0 atom stereocenters. The number of aromatic nitrogens is 2. The van der Waals surface area contributed by atoms with Gasteiger partial charge in [0.1, 0.15) is 10.7 Å². The van der Waals surface area contributed by atoms with Gasteiger partial charge in [0.05, 0.1) is 19.2 Å². The molecule has 8 nitrogen and oxygen atoms in total. The summed E-state index contributed by atoms with van der Waals surface area (Å²) in [6.07, 6.45) is 4.12. The topological polar surface area (TPSA) is 111 Å². The average molecular weight is 363 g/mol. The number of nitrogens with one attached hydrogen (secondary N) is 1. The molecule has 0 saturated carbocycles. The monoisotopic (exact) mass is 363 g/mol. The van der Waals surface area contributed by atoms with Gasteiger partial charge in [-0.05, 0) is 30.9 Å². The standard InChI is InChI=1S/C16H17N3O5S/c1-24-16(23)13-9-3-2-4-11(9)25-14(13)18-12(20)6-8-19-10(15(21)22)5-7-17-19/h5,7H,2-4,6,8H2,1H3,(H,18,20)(H,21,22). The Labute approximate surface area is 147 Å². The molecule has 1 aliphatic carbocycles. The van der Waals surface area contributed by atoms with Gasteiger partial charge in [-0.1, -0.05) is 0 Å². The smallest absolute Gasteiger partial charge is 0.354 e. The zero-order valence-corrected chi connectivity index (χ0v) is 14.4. The van der Waals surface area contributed by atoms with E-state index in [2.05, 4.69) is 10.4 Å². The number of carbonyl (C=O) groups excluding carboxylic acids is 2. The van der Waals surface area contributed by atoms with Crippen molar-refractivity contribution in [2.45, 2.75) is 32.2 Å². The van der Waals surface area contributed by atoms with Gasteiger partial charge in [0.15, 0.2) is 0 Å². The summed E-state index contributed by atoms with van der Waals surface area (Å²) in [6, 6.07) is 1.37. The van der Waals surface area contributed by atoms with Gasteiger partial charge in [-0.2, -0.15) is 5.10 Å². The third-order valence-corrected chi connectivity index (χ3v) is 5.26. The molecule has 1 aliphatic rings. The lowest BCUT2D eigenvalue weighted by molar-refractivity contribution is -0.116. The van der Waals surface area contributed by atoms with Gasteiger partial charge in [0.2, 0.25) is 5.91 Å². The Balaban J connectivity index is 1.70. The van der Waals surface area contributed by atoms with Crippen LogP contribution in [0.15, 0.2) is 12.3 Å². The number of carboxylic acid groups (broad SMARTS) is 1. The Morgan fingerprint density at radius 3 is 2.92 bits per heavy atom. The van der Waals surface area contributed by atoms with Gasteiger partial charge in [-0.25, -0.2) is 9.59 Å². The van der Waals surface area contributed by atoms with Crippen molar-refractivity contribution in [2.75, 3.05) is 12.4 Å². The molecule has 0 saturated heterocycles. The Morgan fingerprint density at radius 1 is 1.40 bits per heavy atom. The maximum absolute atomic E-state index is 12.2. The first kappa shape index (κ1) is 17.2. The quantitative estimate of drug-likeness (QED) is 0.759. The molecule has 0 radical (unpaired) electrons. The third-order valence-electron chi connectivity index (χ3n) is 4.05. The van der Waals surface area contributed by atoms with Crippen LogP contribution in [-0.2, 0) is 28.9 Å². The second-order valence-electron chi connectivity index (χ2n) is 5.60. The Hall–Kier alpha value is -2.68. The predicted octanol–water partition coefficient (Wildman–Crippen LogP) is 1.95. The molecular formula is C16H17N3O5S. The second-order valence-corrected chi connectivity index (χ2v) is 6.70. The highest BCUT2D eigenvalue weighted by Crippen LogP contribution is 2.39. The van der Waals surface area contributed by atoms with Gasteiger partial charge >= 0.3 is 11.9 Å². The number of rotatable bonds is 6. The molecule has 25 heavy (non-hydrogen) atoms. The van der Waals surface area contributed by atoms with E-state index in [1.807, 2.05) is 0 Å². The normalized spacial score (nSPS) is 12.7. The molecule has 2 aromatic heterocycles. The van der Waals surface area contributed by atoms with E-state index in [4.69, 9.17) is 9.84 Å². The second kappa shape index (κ2) is 7.06. The van der Waals surface area contributed by atoms with Crippen molar-refractivity contribution < 1.29 is 24.2 Å². The number of nitrogens with zero attached hydrogens (tertiary/aromatic N) is 2. The Morgan fingerprint density at radius 2 is 2.20 bits per heavy atom. The van der Waals surface area contributed by atoms with Crippen LogP contribution in [0.25, 0.3) is 0 Å². The summed E-state index contributed by atoms with van der Waals surface area (Å²) in [5.41, 5.74) is 1.43. The number of aromatic carboxylic acids is 1. The Bertz CT molecular complexity index is 839. The molecule has 0 unspecified atom stereocenters. The number of carbonyl (C=O) groups is 3. The number of fused-ring (bicyclic) bond motifs is 1. The number of anilines is 1. The number of thiophene rings is 1. The minimum atomic E-state index is -1.10. The number of hydrogen-bond donors (Lipinski definition) is 2. The zero-order valence-electron chi connectivity index (χ0n) is 13.6. The van der Waals surface area contributed by atoms with Crippen LogP contribution in [0.4, 0.5) is 5.00 Å². The molecule has 2 N–H and O–H groups in total. The minimum Gasteiger partial charge on any atom is -0.477 e. The molecule has 0 fully saturated rings. The van der Waals surface area contributed by atoms with Gasteiger partial charge in [-0.3, -0.25) is 9.48 Å². The van der Waals surface area contributed by atoms with Crippen LogP contribution in [0.2, 0.25) is 0 Å². The molecule has 0 aromatic carbocycles. The maximum Gasteiger partial charge on any atom is 0.354 e. The van der Waals surface area contributed by atoms with Crippen LogP contribution in [-0.4, -0.2) is 39.8 Å². The number of hydrogen-bond acceptors (Lipinski definition) is 6. The van der Waals surface area contributed by atoms with E-state index in [0.29, 0.717) is 10.6 Å². The van der Waals surface area contributed by atoms with E-state index < -0.39 is 11.9 Å². The minimum absolute atomic E-state index is 0.0261. The van der Waals surface area contributed by atoms with Crippen molar-refractivity contribution in [1.29, 1.82) is 0 Å². The van der Waals surface area contributed by atoms with Gasteiger partial charge in [-0.15, -0.1) is 11.3 Å². The van der Waals surface area contributed by atoms with Crippen LogP contribution in [0.5, 0.6) is 0 Å². The summed E-state index contributed by atoms with van der Waals surface area (Å²) in [5, 5.41) is 16.2. The number of aryl methyl sites for hydroxylation is 2. The summed E-state index contributed by atoms with van der Waals surface area (Å²) in [5.74, 6) is -1.85. The van der Waals surface area contributed by atoms with Crippen molar-refractivity contribution in [3.63, 3.8) is 0 Å². The van der Waals surface area contributed by atoms with Gasteiger partial charge < -0.3 is 15.2 Å². The molecule has 2 heterocycles. The number of ether oxygens (including phenoxy) is 1. The van der Waals surface area contributed by atoms with Gasteiger partial charge in [0.25, 0.3) is 0 Å². The van der Waals surface area contributed by atoms with E-state index >= 15 is 0 Å². The van der Waals surface area contributed by atoms with E-state index in [0.717, 1.165) is 29.7 Å². The molecule has 9 heteroatoms. The summed E-state index contributed by atoms with van der Waals surface area (Å²) >= 11 is 1.40. The van der Waals surface area contributed by atoms with Crippen LogP contribution in [0.3, 0.4) is 0 Å². The lowest BCUT2D eigenvalue weighted by Gasteiger charge is -2.08. The highest BCUT2D eigenvalue weighted by atomic mass is 32.1. The first-order valence-electron chi connectivity index (χ1n) is 7.79. The molecule has 1 amide bonds. The number of amides is 1. The fraction of sp³-hybridized carbons (Fsp3) is 0.375. The van der Waals surface area contributed by atoms with E-state index in [9.17, 15) is 14.4 Å². The van der Waals surface area contributed by atoms with E-state index in [1.165, 1.54) is 35.4 Å². The SMILES string of the molecule is COC(=O)c1c(NC(=O)CCn2nccc2C(=O)O)sc2c1CCC2. The lowest BCUT2D eigenvalue weighted by atomic mass is 10.1. The highest BCUT2D eigenvalue weighted by Gasteiger charge is 2.28. The lowest BCUT2D eigenvalue weighted by Crippen LogP contribution is -2.18. The fourth-order valence-corrected chi connectivity index (χ4v) is 4.19. The van der Waals surface area contributed by atoms with E-state index in [1.54, 1.807) is 0 Å². The third kappa shape index (κ3) is 3.41. The molecule has 0 aliphatic heterocycles. The molecule has 0 spiro atoms. The zero-order chi connectivity index (χ0) is 18.0. The summed E-state index contributed by atoms with van der Waals surface area (Å²) < 4.78 is 6.10. The molecule has 2 aromatic rings. The van der Waals surface area contributed by atoms with E-state index in [-0.39, 0.29) is 24.6 Å². The van der Waals surface area contributed by atoms with Crippen LogP contribution in [0, 0.1) is 0 Å². The number of carboxylic acids is 1. The summed E-state index contributed by atoms with van der Waals surface area (Å²) in [4.78, 5) is 36.4. The van der Waals surface area contributed by atoms with Crippen molar-refractivity contribution in [3.8, 4) is 0 Å². The number of methoxy groups -OCH3 is 1. The van der Waals surface area contributed by atoms with Crippen molar-refractivity contribution in [3.05, 3.63) is 34.0 Å². The molecule has 132 valence electrons. The molecule has 3 rings (SSSR count). The van der Waals surface area contributed by atoms with Gasteiger partial charge in [0, 0.05) is 17.5 Å². The Kier molecular flexibility index (Phi) is 4.84. The van der Waals surface area contributed by atoms with Crippen LogP contribution < -0.4 is 5.32 Å². The number of esters is 1. The predicted molar refractivity (Wildman–Crippen MR) is 90.1 cm³/mol. The van der Waals surface area contributed by atoms with Crippen LogP contribution >= 0.6 is 11.3 Å². The molecule has 0 bridgehead atoms. The fourth-order valence-electron chi connectivity index (χ4n) is 2.90. The van der Waals surface area contributed by atoms with Crippen molar-refractivity contribution in [2.24, 2.45) is 0 Å². The largest absolute Gasteiger partial charge is 0.477 e. The summed E-state index contributed by atoms with van der Waals surface area (Å²) in [7, 11) is 1.32. The summed E-state index contributed by atoms with van der Waals surface area (Å²) in [6.45, 7) is 0.138. The highest BCUT2D eigenvalue weighted by molar-refractivity contribution is 7.17. The maximum atomic E-state index is 12.2. The first-order valence-corrected chi connectivity index (χ1v) is 8.60. The first-order chi connectivity index (χ1) is 12.0. The molecular weight excluding hydrogens is 346 g/mol. The van der Waals surface area contributed by atoms with Crippen molar-refractivity contribution in [1.82, 2.24) is 9.78 Å². The average Bonchev–Trinajstić information content (AvgIpc) is 3.27. The van der Waals surface area contributed by atoms with Crippen LogP contribution in [0.1, 0.15) is 44.1 Å².